The van der Waals surface area contributed by atoms with Gasteiger partial charge in [0.15, 0.2) is 0 Å². The second-order valence-corrected chi connectivity index (χ2v) is 3.38. The van der Waals surface area contributed by atoms with Crippen LogP contribution in [-0.4, -0.2) is 23.9 Å². The summed E-state index contributed by atoms with van der Waals surface area (Å²) in [5, 5.41) is 8.61. The Morgan fingerprint density at radius 2 is 2.25 bits per heavy atom. The van der Waals surface area contributed by atoms with Crippen molar-refractivity contribution < 1.29 is 9.84 Å². The SMILES string of the molecule is C=C(C)C1OC1C/C(C)=C/CO. The molecule has 2 heteroatoms. The van der Waals surface area contributed by atoms with Crippen LogP contribution in [0.5, 0.6) is 0 Å². The molecule has 68 valence electrons. The molecule has 2 atom stereocenters. The highest BCUT2D eigenvalue weighted by Crippen LogP contribution is 2.32. The second-order valence-electron chi connectivity index (χ2n) is 3.38. The minimum atomic E-state index is 0.121. The van der Waals surface area contributed by atoms with Crippen molar-refractivity contribution >= 4 is 0 Å². The lowest BCUT2D eigenvalue weighted by Gasteiger charge is -1.95. The monoisotopic (exact) mass is 168 g/mol. The van der Waals surface area contributed by atoms with Crippen LogP contribution in [-0.2, 0) is 4.74 Å². The lowest BCUT2D eigenvalue weighted by atomic mass is 10.1. The highest BCUT2D eigenvalue weighted by atomic mass is 16.6. The number of hydrogen-bond donors (Lipinski definition) is 1. The van der Waals surface area contributed by atoms with Gasteiger partial charge in [0.25, 0.3) is 0 Å². The summed E-state index contributed by atoms with van der Waals surface area (Å²) in [5.74, 6) is 0. The molecule has 0 amide bonds. The van der Waals surface area contributed by atoms with Crippen molar-refractivity contribution in [3.8, 4) is 0 Å². The zero-order chi connectivity index (χ0) is 9.14. The molecule has 0 aliphatic carbocycles. The minimum Gasteiger partial charge on any atom is -0.392 e. The maximum absolute atomic E-state index is 8.61. The molecule has 2 nitrogen and oxygen atoms in total. The molecule has 1 fully saturated rings. The smallest absolute Gasteiger partial charge is 0.105 e. The molecular formula is C10H16O2. The molecule has 1 aliphatic heterocycles. The van der Waals surface area contributed by atoms with E-state index in [9.17, 15) is 0 Å². The summed E-state index contributed by atoms with van der Waals surface area (Å²) in [5.41, 5.74) is 2.28. The third kappa shape index (κ3) is 2.47. The van der Waals surface area contributed by atoms with Crippen LogP contribution in [0.1, 0.15) is 20.3 Å². The zero-order valence-electron chi connectivity index (χ0n) is 7.71. The summed E-state index contributed by atoms with van der Waals surface area (Å²) in [7, 11) is 0. The van der Waals surface area contributed by atoms with E-state index in [-0.39, 0.29) is 12.7 Å². The van der Waals surface area contributed by atoms with Gasteiger partial charge in [0, 0.05) is 0 Å². The van der Waals surface area contributed by atoms with Crippen molar-refractivity contribution in [1.29, 1.82) is 0 Å². The predicted octanol–water partition coefficient (Wildman–Crippen LogP) is 1.66. The van der Waals surface area contributed by atoms with Crippen molar-refractivity contribution in [2.24, 2.45) is 0 Å². The van der Waals surface area contributed by atoms with E-state index >= 15 is 0 Å². The van der Waals surface area contributed by atoms with Gasteiger partial charge in [-0.1, -0.05) is 18.2 Å². The Hall–Kier alpha value is -0.600. The molecule has 0 aromatic carbocycles. The summed E-state index contributed by atoms with van der Waals surface area (Å²) in [4.78, 5) is 0. The van der Waals surface area contributed by atoms with E-state index in [0.717, 1.165) is 12.0 Å². The van der Waals surface area contributed by atoms with Gasteiger partial charge >= 0.3 is 0 Å². The van der Waals surface area contributed by atoms with Crippen LogP contribution in [0.3, 0.4) is 0 Å². The molecule has 1 heterocycles. The number of epoxide rings is 1. The van der Waals surface area contributed by atoms with Crippen LogP contribution in [0, 0.1) is 0 Å². The van der Waals surface area contributed by atoms with Gasteiger partial charge in [-0.05, 0) is 25.8 Å². The first-order chi connectivity index (χ1) is 5.65. The highest BCUT2D eigenvalue weighted by molar-refractivity contribution is 5.14. The Balaban J connectivity index is 2.27. The van der Waals surface area contributed by atoms with Gasteiger partial charge in [-0.15, -0.1) is 0 Å². The lowest BCUT2D eigenvalue weighted by Crippen LogP contribution is -1.95. The first-order valence-corrected chi connectivity index (χ1v) is 4.22. The minimum absolute atomic E-state index is 0.121. The number of aliphatic hydroxyl groups excluding tert-OH is 1. The largest absolute Gasteiger partial charge is 0.392 e. The zero-order valence-corrected chi connectivity index (χ0v) is 7.71. The van der Waals surface area contributed by atoms with E-state index in [1.807, 2.05) is 19.9 Å². The molecule has 1 aliphatic rings. The topological polar surface area (TPSA) is 32.8 Å². The summed E-state index contributed by atoms with van der Waals surface area (Å²) in [6.45, 7) is 7.94. The van der Waals surface area contributed by atoms with Gasteiger partial charge in [-0.25, -0.2) is 0 Å². The summed E-state index contributed by atoms with van der Waals surface area (Å²) >= 11 is 0. The Kier molecular flexibility index (Phi) is 3.06. The molecule has 0 aromatic rings. The van der Waals surface area contributed by atoms with Gasteiger partial charge in [0.2, 0.25) is 0 Å². The Labute approximate surface area is 73.5 Å². The number of rotatable bonds is 4. The Morgan fingerprint density at radius 3 is 2.67 bits per heavy atom. The van der Waals surface area contributed by atoms with Gasteiger partial charge in [-0.3, -0.25) is 0 Å². The van der Waals surface area contributed by atoms with Crippen molar-refractivity contribution in [1.82, 2.24) is 0 Å². The first-order valence-electron chi connectivity index (χ1n) is 4.22. The number of ether oxygens (including phenoxy) is 1. The molecular weight excluding hydrogens is 152 g/mol. The molecule has 0 bridgehead atoms. The maximum Gasteiger partial charge on any atom is 0.105 e. The van der Waals surface area contributed by atoms with Crippen molar-refractivity contribution in [3.63, 3.8) is 0 Å². The van der Waals surface area contributed by atoms with E-state index < -0.39 is 0 Å². The second kappa shape index (κ2) is 3.87. The Morgan fingerprint density at radius 1 is 1.58 bits per heavy atom. The van der Waals surface area contributed by atoms with Crippen molar-refractivity contribution in [3.05, 3.63) is 23.8 Å². The van der Waals surface area contributed by atoms with E-state index in [4.69, 9.17) is 9.84 Å². The van der Waals surface area contributed by atoms with Gasteiger partial charge < -0.3 is 9.84 Å². The van der Waals surface area contributed by atoms with E-state index in [1.165, 1.54) is 5.57 Å². The van der Waals surface area contributed by atoms with E-state index in [1.54, 1.807) is 0 Å². The summed E-state index contributed by atoms with van der Waals surface area (Å²) in [6, 6.07) is 0. The third-order valence-electron chi connectivity index (χ3n) is 2.03. The van der Waals surface area contributed by atoms with Gasteiger partial charge in [0.05, 0.1) is 12.7 Å². The van der Waals surface area contributed by atoms with Gasteiger partial charge in [-0.2, -0.15) is 0 Å². The van der Waals surface area contributed by atoms with Crippen LogP contribution in [0.2, 0.25) is 0 Å². The molecule has 1 rings (SSSR count). The number of hydrogen-bond acceptors (Lipinski definition) is 2. The van der Waals surface area contributed by atoms with Crippen LogP contribution in [0.15, 0.2) is 23.8 Å². The molecule has 0 spiro atoms. The predicted molar refractivity (Wildman–Crippen MR) is 48.9 cm³/mol. The maximum atomic E-state index is 8.61. The van der Waals surface area contributed by atoms with Crippen LogP contribution in [0.25, 0.3) is 0 Å². The van der Waals surface area contributed by atoms with E-state index in [2.05, 4.69) is 6.58 Å². The summed E-state index contributed by atoms with van der Waals surface area (Å²) in [6.07, 6.45) is 3.30. The molecule has 1 saturated heterocycles. The van der Waals surface area contributed by atoms with Crippen molar-refractivity contribution in [2.75, 3.05) is 6.61 Å². The fourth-order valence-electron chi connectivity index (χ4n) is 1.29. The first kappa shape index (κ1) is 9.49. The average molecular weight is 168 g/mol. The molecule has 0 radical (unpaired) electrons. The fourth-order valence-corrected chi connectivity index (χ4v) is 1.29. The fraction of sp³-hybridized carbons (Fsp3) is 0.600. The number of aliphatic hydroxyl groups is 1. The highest BCUT2D eigenvalue weighted by Gasteiger charge is 2.38. The Bertz CT molecular complexity index is 206. The van der Waals surface area contributed by atoms with E-state index in [0.29, 0.717) is 6.10 Å². The molecule has 1 N–H and O–H groups in total. The standard InChI is InChI=1S/C10H16O2/c1-7(2)10-9(12-10)6-8(3)4-5-11/h4,9-11H,1,5-6H2,2-3H3/b8-4+. The lowest BCUT2D eigenvalue weighted by molar-refractivity contribution is 0.340. The van der Waals surface area contributed by atoms with Crippen LogP contribution in [0.4, 0.5) is 0 Å². The van der Waals surface area contributed by atoms with Crippen molar-refractivity contribution in [2.45, 2.75) is 32.5 Å². The average Bonchev–Trinajstić information content (AvgIpc) is 2.67. The normalized spacial score (nSPS) is 28.8. The van der Waals surface area contributed by atoms with Crippen LogP contribution >= 0.6 is 0 Å². The molecule has 2 unspecified atom stereocenters. The summed E-state index contributed by atoms with van der Waals surface area (Å²) < 4.78 is 5.37. The third-order valence-corrected chi connectivity index (χ3v) is 2.03. The quantitative estimate of drug-likeness (QED) is 0.511. The van der Waals surface area contributed by atoms with Crippen LogP contribution < -0.4 is 0 Å². The molecule has 0 aromatic heterocycles. The molecule has 0 saturated carbocycles. The van der Waals surface area contributed by atoms with Gasteiger partial charge in [0.1, 0.15) is 6.10 Å². The molecule has 12 heavy (non-hydrogen) atoms.